The lowest BCUT2D eigenvalue weighted by atomic mass is 10.2. The maximum Gasteiger partial charge on any atom is 0.241 e. The maximum absolute atomic E-state index is 12.3. The van der Waals surface area contributed by atoms with Crippen molar-refractivity contribution in [3.63, 3.8) is 0 Å². The molecular weight excluding hydrogens is 300 g/mol. The van der Waals surface area contributed by atoms with E-state index in [-0.39, 0.29) is 17.0 Å². The van der Waals surface area contributed by atoms with E-state index < -0.39 is 10.0 Å². The third-order valence-corrected chi connectivity index (χ3v) is 5.18. The van der Waals surface area contributed by atoms with Crippen LogP contribution < -0.4 is 4.72 Å². The molecule has 0 unspecified atom stereocenters. The summed E-state index contributed by atoms with van der Waals surface area (Å²) >= 11 is 0. The van der Waals surface area contributed by atoms with Crippen LogP contribution >= 0.6 is 0 Å². The zero-order chi connectivity index (χ0) is 16.3. The van der Waals surface area contributed by atoms with Gasteiger partial charge in [-0.2, -0.15) is 10.4 Å². The summed E-state index contributed by atoms with van der Waals surface area (Å²) < 4.78 is 28.8. The Morgan fingerprint density at radius 3 is 2.55 bits per heavy atom. The van der Waals surface area contributed by atoms with Crippen molar-refractivity contribution in [2.24, 2.45) is 0 Å². The molecule has 1 aromatic heterocycles. The summed E-state index contributed by atoms with van der Waals surface area (Å²) in [7, 11) is -3.70. The van der Waals surface area contributed by atoms with Crippen LogP contribution in [0.3, 0.4) is 0 Å². The van der Waals surface area contributed by atoms with Gasteiger partial charge in [-0.1, -0.05) is 12.1 Å². The Hall–Kier alpha value is -2.17. The molecule has 0 aliphatic rings. The van der Waals surface area contributed by atoms with Gasteiger partial charge in [-0.05, 0) is 38.5 Å². The van der Waals surface area contributed by atoms with Crippen LogP contribution in [0.25, 0.3) is 0 Å². The normalized spacial score (nSPS) is 11.4. The summed E-state index contributed by atoms with van der Waals surface area (Å²) in [6, 6.07) is 8.04. The van der Waals surface area contributed by atoms with Gasteiger partial charge in [0.25, 0.3) is 0 Å². The topological polar surface area (TPSA) is 87.8 Å². The van der Waals surface area contributed by atoms with Crippen LogP contribution in [0.2, 0.25) is 0 Å². The predicted molar refractivity (Wildman–Crippen MR) is 82.8 cm³/mol. The van der Waals surface area contributed by atoms with E-state index in [4.69, 9.17) is 5.26 Å². The van der Waals surface area contributed by atoms with E-state index in [0.717, 1.165) is 17.0 Å². The molecule has 1 heterocycles. The molecule has 7 heteroatoms. The van der Waals surface area contributed by atoms with Gasteiger partial charge >= 0.3 is 0 Å². The second kappa shape index (κ2) is 6.30. The smallest absolute Gasteiger partial charge is 0.241 e. The van der Waals surface area contributed by atoms with Crippen LogP contribution in [0.4, 0.5) is 0 Å². The summed E-state index contributed by atoms with van der Waals surface area (Å²) in [6.45, 7) is 6.51. The fraction of sp³-hybridized carbons (Fsp3) is 0.333. The van der Waals surface area contributed by atoms with Crippen LogP contribution in [-0.2, 0) is 16.6 Å². The molecule has 2 aromatic rings. The molecule has 0 saturated heterocycles. The van der Waals surface area contributed by atoms with E-state index in [9.17, 15) is 8.42 Å². The first-order valence-electron chi connectivity index (χ1n) is 6.86. The average molecular weight is 318 g/mol. The van der Waals surface area contributed by atoms with Gasteiger partial charge in [0, 0.05) is 12.2 Å². The fourth-order valence-electron chi connectivity index (χ4n) is 2.16. The van der Waals surface area contributed by atoms with E-state index in [2.05, 4.69) is 9.82 Å². The highest BCUT2D eigenvalue weighted by molar-refractivity contribution is 7.89. The van der Waals surface area contributed by atoms with Gasteiger partial charge in [-0.25, -0.2) is 13.1 Å². The number of hydrogen-bond acceptors (Lipinski definition) is 4. The number of nitrogens with zero attached hydrogens (tertiary/aromatic N) is 3. The second-order valence-electron chi connectivity index (χ2n) is 5.02. The van der Waals surface area contributed by atoms with Crippen LogP contribution in [-0.4, -0.2) is 24.7 Å². The Morgan fingerprint density at radius 1 is 1.27 bits per heavy atom. The summed E-state index contributed by atoms with van der Waals surface area (Å²) in [4.78, 5) is 0.00190. The standard InChI is InChI=1S/C15H18N4O2S/c1-11-12(2)18-19(13(11)3)9-8-17-22(20,21)15-7-5-4-6-14(15)10-16/h4-7,17H,8-9H2,1-3H3. The van der Waals surface area contributed by atoms with Crippen molar-refractivity contribution in [1.82, 2.24) is 14.5 Å². The molecule has 116 valence electrons. The Balaban J connectivity index is 2.11. The van der Waals surface area contributed by atoms with Crippen molar-refractivity contribution in [3.8, 4) is 6.07 Å². The van der Waals surface area contributed by atoms with Gasteiger partial charge in [0.15, 0.2) is 0 Å². The minimum atomic E-state index is -3.70. The lowest BCUT2D eigenvalue weighted by Gasteiger charge is -2.09. The second-order valence-corrected chi connectivity index (χ2v) is 6.76. The van der Waals surface area contributed by atoms with E-state index in [1.807, 2.05) is 26.8 Å². The van der Waals surface area contributed by atoms with Gasteiger partial charge in [-0.3, -0.25) is 4.68 Å². The third kappa shape index (κ3) is 3.18. The highest BCUT2D eigenvalue weighted by Crippen LogP contribution is 2.14. The van der Waals surface area contributed by atoms with Crippen LogP contribution in [0.1, 0.15) is 22.5 Å². The Morgan fingerprint density at radius 2 is 1.95 bits per heavy atom. The lowest BCUT2D eigenvalue weighted by molar-refractivity contribution is 0.554. The number of aromatic nitrogens is 2. The van der Waals surface area contributed by atoms with E-state index in [1.165, 1.54) is 12.1 Å². The van der Waals surface area contributed by atoms with Crippen LogP contribution in [0, 0.1) is 32.1 Å². The Kier molecular flexibility index (Phi) is 4.64. The average Bonchev–Trinajstić information content (AvgIpc) is 2.74. The molecule has 0 saturated carbocycles. The van der Waals surface area contributed by atoms with E-state index in [1.54, 1.807) is 16.8 Å². The first kappa shape index (κ1) is 16.2. The highest BCUT2D eigenvalue weighted by Gasteiger charge is 2.17. The molecule has 0 atom stereocenters. The molecule has 2 rings (SSSR count). The fourth-order valence-corrected chi connectivity index (χ4v) is 3.34. The van der Waals surface area contributed by atoms with Crippen molar-refractivity contribution in [2.75, 3.05) is 6.54 Å². The summed E-state index contributed by atoms with van der Waals surface area (Å²) in [6.07, 6.45) is 0. The minimum Gasteiger partial charge on any atom is -0.268 e. The molecule has 0 aliphatic carbocycles. The van der Waals surface area contributed by atoms with Gasteiger partial charge in [0.2, 0.25) is 10.0 Å². The van der Waals surface area contributed by atoms with Gasteiger partial charge < -0.3 is 0 Å². The van der Waals surface area contributed by atoms with Crippen molar-refractivity contribution in [1.29, 1.82) is 5.26 Å². The molecule has 0 spiro atoms. The number of nitriles is 1. The summed E-state index contributed by atoms with van der Waals surface area (Å²) in [5.41, 5.74) is 3.21. The van der Waals surface area contributed by atoms with Crippen molar-refractivity contribution in [3.05, 3.63) is 46.8 Å². The number of benzene rings is 1. The van der Waals surface area contributed by atoms with Gasteiger partial charge in [0.05, 0.1) is 22.7 Å². The van der Waals surface area contributed by atoms with Crippen molar-refractivity contribution < 1.29 is 8.42 Å². The SMILES string of the molecule is Cc1nn(CCNS(=O)(=O)c2ccccc2C#N)c(C)c1C. The molecule has 0 aliphatic heterocycles. The summed E-state index contributed by atoms with van der Waals surface area (Å²) in [5.74, 6) is 0. The minimum absolute atomic E-state index is 0.00190. The number of aryl methyl sites for hydroxylation is 1. The largest absolute Gasteiger partial charge is 0.268 e. The molecule has 1 aromatic carbocycles. The lowest BCUT2D eigenvalue weighted by Crippen LogP contribution is -2.28. The molecule has 6 nitrogen and oxygen atoms in total. The zero-order valence-corrected chi connectivity index (χ0v) is 13.6. The number of sulfonamides is 1. The number of hydrogen-bond donors (Lipinski definition) is 1. The van der Waals surface area contributed by atoms with Crippen molar-refractivity contribution in [2.45, 2.75) is 32.2 Å². The van der Waals surface area contributed by atoms with Gasteiger partial charge in [-0.15, -0.1) is 0 Å². The zero-order valence-electron chi connectivity index (χ0n) is 12.8. The number of rotatable bonds is 5. The summed E-state index contributed by atoms with van der Waals surface area (Å²) in [5, 5.41) is 13.4. The van der Waals surface area contributed by atoms with Gasteiger partial charge in [0.1, 0.15) is 6.07 Å². The Bertz CT molecular complexity index is 832. The molecule has 0 fully saturated rings. The Labute approximate surface area is 130 Å². The third-order valence-electron chi connectivity index (χ3n) is 3.66. The van der Waals surface area contributed by atoms with E-state index >= 15 is 0 Å². The quantitative estimate of drug-likeness (QED) is 0.908. The highest BCUT2D eigenvalue weighted by atomic mass is 32.2. The van der Waals surface area contributed by atoms with E-state index in [0.29, 0.717) is 6.54 Å². The molecule has 0 radical (unpaired) electrons. The predicted octanol–water partition coefficient (Wildman–Crippen LogP) is 1.66. The first-order valence-corrected chi connectivity index (χ1v) is 8.34. The van der Waals surface area contributed by atoms with Crippen LogP contribution in [0.15, 0.2) is 29.2 Å². The molecule has 1 N–H and O–H groups in total. The molecule has 0 bridgehead atoms. The molecule has 22 heavy (non-hydrogen) atoms. The maximum atomic E-state index is 12.3. The number of nitrogens with one attached hydrogen (secondary N) is 1. The molecule has 0 amide bonds. The molecular formula is C15H18N4O2S. The first-order chi connectivity index (χ1) is 10.4. The van der Waals surface area contributed by atoms with Crippen LogP contribution in [0.5, 0.6) is 0 Å². The van der Waals surface area contributed by atoms with Crippen molar-refractivity contribution >= 4 is 10.0 Å². The monoisotopic (exact) mass is 318 g/mol.